The standard InChI is InChI=1S/C15H16BrClN2O2/c1-3-19-13(14(17)9(2)18-19)8-11(15(20)21)10-6-4-5-7-12(10)16/h4-7,11H,3,8H2,1-2H3,(H,20,21). The third-order valence-electron chi connectivity index (χ3n) is 3.43. The molecule has 4 nitrogen and oxygen atoms in total. The maximum Gasteiger partial charge on any atom is 0.311 e. The van der Waals surface area contributed by atoms with E-state index < -0.39 is 11.9 Å². The second-order valence-corrected chi connectivity index (χ2v) is 6.01. The number of halogens is 2. The van der Waals surface area contributed by atoms with E-state index in [4.69, 9.17) is 11.6 Å². The molecule has 1 aromatic carbocycles. The Hall–Kier alpha value is -1.33. The number of hydrogen-bond acceptors (Lipinski definition) is 2. The molecular weight excluding hydrogens is 356 g/mol. The molecule has 2 rings (SSSR count). The molecule has 2 aromatic rings. The molecule has 21 heavy (non-hydrogen) atoms. The highest BCUT2D eigenvalue weighted by Crippen LogP contribution is 2.31. The van der Waals surface area contributed by atoms with Crippen molar-refractivity contribution >= 4 is 33.5 Å². The van der Waals surface area contributed by atoms with Gasteiger partial charge in [0.1, 0.15) is 0 Å². The number of aliphatic carboxylic acids is 1. The zero-order chi connectivity index (χ0) is 15.6. The summed E-state index contributed by atoms with van der Waals surface area (Å²) in [7, 11) is 0. The molecular formula is C15H16BrClN2O2. The summed E-state index contributed by atoms with van der Waals surface area (Å²) in [5, 5.41) is 14.5. The van der Waals surface area contributed by atoms with E-state index in [0.29, 0.717) is 18.0 Å². The molecule has 1 N–H and O–H groups in total. The summed E-state index contributed by atoms with van der Waals surface area (Å²) in [6, 6.07) is 7.35. The first kappa shape index (κ1) is 16.0. The van der Waals surface area contributed by atoms with E-state index in [1.54, 1.807) is 4.68 Å². The van der Waals surface area contributed by atoms with E-state index in [9.17, 15) is 9.90 Å². The molecule has 0 amide bonds. The number of hydrogen-bond donors (Lipinski definition) is 1. The van der Waals surface area contributed by atoms with Gasteiger partial charge in [0.25, 0.3) is 0 Å². The minimum Gasteiger partial charge on any atom is -0.481 e. The zero-order valence-electron chi connectivity index (χ0n) is 11.8. The van der Waals surface area contributed by atoms with Crippen LogP contribution in [-0.2, 0) is 17.8 Å². The van der Waals surface area contributed by atoms with Crippen molar-refractivity contribution in [3.8, 4) is 0 Å². The average Bonchev–Trinajstić information content (AvgIpc) is 2.72. The van der Waals surface area contributed by atoms with Gasteiger partial charge in [-0.2, -0.15) is 5.10 Å². The maximum atomic E-state index is 11.7. The molecule has 1 unspecified atom stereocenters. The Bertz CT molecular complexity index is 670. The van der Waals surface area contributed by atoms with Crippen molar-refractivity contribution in [2.45, 2.75) is 32.7 Å². The minimum absolute atomic E-state index is 0.311. The molecule has 1 atom stereocenters. The summed E-state index contributed by atoms with van der Waals surface area (Å²) in [5.74, 6) is -1.54. The largest absolute Gasteiger partial charge is 0.481 e. The molecule has 0 spiro atoms. The van der Waals surface area contributed by atoms with Gasteiger partial charge in [-0.15, -0.1) is 0 Å². The summed E-state index contributed by atoms with van der Waals surface area (Å²) < 4.78 is 2.55. The Kier molecular flexibility index (Phi) is 5.06. The predicted octanol–water partition coefficient (Wildman–Crippen LogP) is 4.04. The van der Waals surface area contributed by atoms with Crippen LogP contribution in [0.2, 0.25) is 5.02 Å². The molecule has 0 saturated carbocycles. The molecule has 0 saturated heterocycles. The van der Waals surface area contributed by atoms with Crippen molar-refractivity contribution < 1.29 is 9.90 Å². The van der Waals surface area contributed by atoms with Crippen LogP contribution >= 0.6 is 27.5 Å². The van der Waals surface area contributed by atoms with Gasteiger partial charge in [-0.3, -0.25) is 9.48 Å². The van der Waals surface area contributed by atoms with Crippen molar-refractivity contribution in [2.75, 3.05) is 0 Å². The number of rotatable bonds is 5. The molecule has 0 aliphatic rings. The lowest BCUT2D eigenvalue weighted by Crippen LogP contribution is -2.17. The second kappa shape index (κ2) is 6.62. The topological polar surface area (TPSA) is 55.1 Å². The van der Waals surface area contributed by atoms with Gasteiger partial charge in [-0.05, 0) is 25.5 Å². The maximum absolute atomic E-state index is 11.7. The van der Waals surface area contributed by atoms with Gasteiger partial charge in [0.2, 0.25) is 0 Å². The molecule has 1 aromatic heterocycles. The van der Waals surface area contributed by atoms with Crippen molar-refractivity contribution in [3.63, 3.8) is 0 Å². The lowest BCUT2D eigenvalue weighted by molar-refractivity contribution is -0.138. The van der Waals surface area contributed by atoms with Gasteiger partial charge < -0.3 is 5.11 Å². The number of carbonyl (C=O) groups is 1. The molecule has 0 aliphatic carbocycles. The van der Waals surface area contributed by atoms with Crippen molar-refractivity contribution in [1.82, 2.24) is 9.78 Å². The summed E-state index contributed by atoms with van der Waals surface area (Å²) in [4.78, 5) is 11.7. The zero-order valence-corrected chi connectivity index (χ0v) is 14.1. The number of carboxylic acid groups (broad SMARTS) is 1. The summed E-state index contributed by atoms with van der Waals surface area (Å²) in [6.45, 7) is 4.44. The van der Waals surface area contributed by atoms with Crippen LogP contribution in [0, 0.1) is 6.92 Å². The van der Waals surface area contributed by atoms with E-state index in [0.717, 1.165) is 21.4 Å². The Balaban J connectivity index is 2.43. The first-order chi connectivity index (χ1) is 9.95. The van der Waals surface area contributed by atoms with Crippen molar-refractivity contribution in [2.24, 2.45) is 0 Å². The van der Waals surface area contributed by atoms with E-state index in [-0.39, 0.29) is 0 Å². The van der Waals surface area contributed by atoms with E-state index in [1.807, 2.05) is 38.1 Å². The van der Waals surface area contributed by atoms with Crippen LogP contribution < -0.4 is 0 Å². The van der Waals surface area contributed by atoms with Gasteiger partial charge in [-0.25, -0.2) is 0 Å². The lowest BCUT2D eigenvalue weighted by atomic mass is 9.94. The molecule has 1 heterocycles. The summed E-state index contributed by atoms with van der Waals surface area (Å²) >= 11 is 9.70. The minimum atomic E-state index is -0.875. The fourth-order valence-electron chi connectivity index (χ4n) is 2.35. The van der Waals surface area contributed by atoms with Crippen LogP contribution in [0.5, 0.6) is 0 Å². The molecule has 0 radical (unpaired) electrons. The molecule has 112 valence electrons. The average molecular weight is 372 g/mol. The van der Waals surface area contributed by atoms with E-state index >= 15 is 0 Å². The highest BCUT2D eigenvalue weighted by molar-refractivity contribution is 9.10. The Morgan fingerprint density at radius 2 is 2.14 bits per heavy atom. The Morgan fingerprint density at radius 1 is 1.48 bits per heavy atom. The molecule has 6 heteroatoms. The quantitative estimate of drug-likeness (QED) is 0.863. The Morgan fingerprint density at radius 3 is 2.71 bits per heavy atom. The van der Waals surface area contributed by atoms with E-state index in [2.05, 4.69) is 21.0 Å². The van der Waals surface area contributed by atoms with Crippen LogP contribution in [0.3, 0.4) is 0 Å². The first-order valence-corrected chi connectivity index (χ1v) is 7.81. The van der Waals surface area contributed by atoms with Gasteiger partial charge in [-0.1, -0.05) is 45.7 Å². The molecule has 0 fully saturated rings. The number of nitrogens with zero attached hydrogens (tertiary/aromatic N) is 2. The third-order valence-corrected chi connectivity index (χ3v) is 4.64. The summed E-state index contributed by atoms with van der Waals surface area (Å²) in [5.41, 5.74) is 2.23. The number of carboxylic acids is 1. The van der Waals surface area contributed by atoms with Crippen molar-refractivity contribution in [3.05, 3.63) is 50.7 Å². The fourth-order valence-corrected chi connectivity index (χ4v) is 3.12. The highest BCUT2D eigenvalue weighted by Gasteiger charge is 2.26. The normalized spacial score (nSPS) is 12.4. The van der Waals surface area contributed by atoms with Crippen LogP contribution in [-0.4, -0.2) is 20.9 Å². The lowest BCUT2D eigenvalue weighted by Gasteiger charge is -2.15. The smallest absolute Gasteiger partial charge is 0.311 e. The van der Waals surface area contributed by atoms with Crippen LogP contribution in [0.25, 0.3) is 0 Å². The SMILES string of the molecule is CCn1nc(C)c(Cl)c1CC(C(=O)O)c1ccccc1Br. The highest BCUT2D eigenvalue weighted by atomic mass is 79.9. The molecule has 0 bridgehead atoms. The monoisotopic (exact) mass is 370 g/mol. The second-order valence-electron chi connectivity index (χ2n) is 4.78. The Labute approximate surface area is 136 Å². The number of aryl methyl sites for hydroxylation is 2. The van der Waals surface area contributed by atoms with Gasteiger partial charge in [0.15, 0.2) is 0 Å². The van der Waals surface area contributed by atoms with Crippen LogP contribution in [0.15, 0.2) is 28.7 Å². The third kappa shape index (κ3) is 3.30. The number of aromatic nitrogens is 2. The fraction of sp³-hybridized carbons (Fsp3) is 0.333. The van der Waals surface area contributed by atoms with Crippen LogP contribution in [0.1, 0.15) is 29.8 Å². The van der Waals surface area contributed by atoms with E-state index in [1.165, 1.54) is 0 Å². The van der Waals surface area contributed by atoms with Gasteiger partial charge >= 0.3 is 5.97 Å². The van der Waals surface area contributed by atoms with Gasteiger partial charge in [0.05, 0.1) is 22.3 Å². The molecule has 0 aliphatic heterocycles. The number of benzene rings is 1. The van der Waals surface area contributed by atoms with Crippen LogP contribution in [0.4, 0.5) is 0 Å². The predicted molar refractivity (Wildman–Crippen MR) is 85.9 cm³/mol. The first-order valence-electron chi connectivity index (χ1n) is 6.64. The van der Waals surface area contributed by atoms with Gasteiger partial charge in [0, 0.05) is 17.4 Å². The summed E-state index contributed by atoms with van der Waals surface area (Å²) in [6.07, 6.45) is 0.311. The van der Waals surface area contributed by atoms with Crippen molar-refractivity contribution in [1.29, 1.82) is 0 Å².